The van der Waals surface area contributed by atoms with Crippen molar-refractivity contribution in [3.05, 3.63) is 59.2 Å². The Morgan fingerprint density at radius 1 is 1.08 bits per heavy atom. The number of nitrogens with two attached hydrogens (primary N) is 1. The lowest BCUT2D eigenvalue weighted by molar-refractivity contribution is 0.288. The van der Waals surface area contributed by atoms with E-state index in [0.717, 1.165) is 30.5 Å². The molecule has 0 saturated heterocycles. The Bertz CT molecular complexity index is 691. The number of benzene rings is 2. The molecule has 0 aromatic heterocycles. The van der Waals surface area contributed by atoms with Gasteiger partial charge in [0.25, 0.3) is 0 Å². The number of unbranched alkanes of at least 4 members (excludes halogenated alkanes) is 1. The molecule has 0 fully saturated rings. The van der Waals surface area contributed by atoms with Gasteiger partial charge in [-0.15, -0.1) is 0 Å². The van der Waals surface area contributed by atoms with Crippen LogP contribution in [0.15, 0.2) is 36.4 Å². The molecule has 0 heterocycles. The van der Waals surface area contributed by atoms with Gasteiger partial charge >= 0.3 is 0 Å². The van der Waals surface area contributed by atoms with Crippen molar-refractivity contribution >= 4 is 0 Å². The summed E-state index contributed by atoms with van der Waals surface area (Å²) in [5.74, 6) is 0.0931. The van der Waals surface area contributed by atoms with Crippen LogP contribution < -0.4 is 15.2 Å². The molecular weight excluding hydrogens is 324 g/mol. The number of hydrogen-bond donors (Lipinski definition) is 1. The summed E-state index contributed by atoms with van der Waals surface area (Å²) in [6, 6.07) is 9.07. The number of halogens is 2. The number of hydrogen-bond acceptors (Lipinski definition) is 3. The third-order valence-electron chi connectivity index (χ3n) is 4.15. The summed E-state index contributed by atoms with van der Waals surface area (Å²) in [6.07, 6.45) is 2.48. The van der Waals surface area contributed by atoms with Crippen LogP contribution in [0.2, 0.25) is 0 Å². The summed E-state index contributed by atoms with van der Waals surface area (Å²) in [5.41, 5.74) is 7.05. The molecule has 0 spiro atoms. The molecule has 0 radical (unpaired) electrons. The van der Waals surface area contributed by atoms with Gasteiger partial charge in [0.15, 0.2) is 11.5 Å². The molecule has 2 N–H and O–H groups in total. The lowest BCUT2D eigenvalue weighted by Crippen LogP contribution is -2.16. The van der Waals surface area contributed by atoms with Crippen LogP contribution in [0, 0.1) is 11.6 Å². The third-order valence-corrected chi connectivity index (χ3v) is 4.15. The molecule has 2 rings (SSSR count). The van der Waals surface area contributed by atoms with Crippen molar-refractivity contribution in [2.45, 2.75) is 32.1 Å². The standard InChI is InChI=1S/C20H25F2NO2/c1-3-4-9-25-20-11-14(5-8-19(20)24-2)10-15(13-23)17-12-16(21)6-7-18(17)22/h5-8,11-12,15H,3-4,9-10,13,23H2,1-2H3. The Morgan fingerprint density at radius 2 is 1.88 bits per heavy atom. The van der Waals surface area contributed by atoms with E-state index in [2.05, 4.69) is 6.92 Å². The van der Waals surface area contributed by atoms with Gasteiger partial charge in [-0.1, -0.05) is 19.4 Å². The summed E-state index contributed by atoms with van der Waals surface area (Å²) >= 11 is 0. The second kappa shape index (κ2) is 9.37. The van der Waals surface area contributed by atoms with Gasteiger partial charge in [0.2, 0.25) is 0 Å². The molecule has 1 unspecified atom stereocenters. The fraction of sp³-hybridized carbons (Fsp3) is 0.400. The maximum Gasteiger partial charge on any atom is 0.161 e. The molecule has 25 heavy (non-hydrogen) atoms. The molecule has 0 aliphatic rings. The van der Waals surface area contributed by atoms with Crippen LogP contribution in [0.4, 0.5) is 8.78 Å². The van der Waals surface area contributed by atoms with Crippen LogP contribution in [0.5, 0.6) is 11.5 Å². The van der Waals surface area contributed by atoms with Gasteiger partial charge in [-0.05, 0) is 60.8 Å². The minimum Gasteiger partial charge on any atom is -0.493 e. The lowest BCUT2D eigenvalue weighted by atomic mass is 9.91. The zero-order valence-corrected chi connectivity index (χ0v) is 14.7. The summed E-state index contributed by atoms with van der Waals surface area (Å²) in [6.45, 7) is 2.92. The Hall–Kier alpha value is -2.14. The van der Waals surface area contributed by atoms with Crippen molar-refractivity contribution in [1.82, 2.24) is 0 Å². The molecule has 0 aliphatic carbocycles. The Kier molecular flexibility index (Phi) is 7.19. The minimum atomic E-state index is -0.465. The molecule has 2 aromatic rings. The van der Waals surface area contributed by atoms with Gasteiger partial charge < -0.3 is 15.2 Å². The molecule has 0 saturated carbocycles. The number of rotatable bonds is 9. The highest BCUT2D eigenvalue weighted by molar-refractivity contribution is 5.43. The molecule has 3 nitrogen and oxygen atoms in total. The average Bonchev–Trinajstić information content (AvgIpc) is 2.62. The summed E-state index contributed by atoms with van der Waals surface area (Å²) in [5, 5.41) is 0. The molecule has 136 valence electrons. The van der Waals surface area contributed by atoms with Crippen LogP contribution >= 0.6 is 0 Å². The van der Waals surface area contributed by atoms with Crippen molar-refractivity contribution in [2.75, 3.05) is 20.3 Å². The maximum absolute atomic E-state index is 14.0. The highest BCUT2D eigenvalue weighted by Crippen LogP contribution is 2.31. The SMILES string of the molecule is CCCCOc1cc(CC(CN)c2cc(F)ccc2F)ccc1OC. The van der Waals surface area contributed by atoms with E-state index in [0.29, 0.717) is 30.1 Å². The van der Waals surface area contributed by atoms with E-state index in [1.54, 1.807) is 7.11 Å². The highest BCUT2D eigenvalue weighted by Gasteiger charge is 2.17. The summed E-state index contributed by atoms with van der Waals surface area (Å²) < 4.78 is 38.6. The fourth-order valence-electron chi connectivity index (χ4n) is 2.72. The maximum atomic E-state index is 14.0. The van der Waals surface area contributed by atoms with Crippen molar-refractivity contribution in [2.24, 2.45) is 5.73 Å². The topological polar surface area (TPSA) is 44.5 Å². The van der Waals surface area contributed by atoms with E-state index in [-0.39, 0.29) is 12.5 Å². The smallest absolute Gasteiger partial charge is 0.161 e. The molecule has 5 heteroatoms. The van der Waals surface area contributed by atoms with Crippen LogP contribution in [-0.2, 0) is 6.42 Å². The average molecular weight is 349 g/mol. The molecule has 0 amide bonds. The molecular formula is C20H25F2NO2. The lowest BCUT2D eigenvalue weighted by Gasteiger charge is -2.18. The Labute approximate surface area is 147 Å². The largest absolute Gasteiger partial charge is 0.493 e. The van der Waals surface area contributed by atoms with E-state index >= 15 is 0 Å². The van der Waals surface area contributed by atoms with Gasteiger partial charge in [0.05, 0.1) is 13.7 Å². The van der Waals surface area contributed by atoms with Crippen LogP contribution in [0.25, 0.3) is 0 Å². The summed E-state index contributed by atoms with van der Waals surface area (Å²) in [7, 11) is 1.59. The van der Waals surface area contributed by atoms with E-state index in [1.807, 2.05) is 18.2 Å². The summed E-state index contributed by atoms with van der Waals surface area (Å²) in [4.78, 5) is 0. The van der Waals surface area contributed by atoms with E-state index in [9.17, 15) is 8.78 Å². The second-order valence-electron chi connectivity index (χ2n) is 5.99. The zero-order chi connectivity index (χ0) is 18.2. The van der Waals surface area contributed by atoms with Crippen LogP contribution in [0.1, 0.15) is 36.8 Å². The number of methoxy groups -OCH3 is 1. The van der Waals surface area contributed by atoms with Gasteiger partial charge in [0.1, 0.15) is 11.6 Å². The molecule has 2 aromatic carbocycles. The first kappa shape index (κ1) is 19.2. The van der Waals surface area contributed by atoms with Gasteiger partial charge in [-0.2, -0.15) is 0 Å². The van der Waals surface area contributed by atoms with Crippen LogP contribution in [0.3, 0.4) is 0 Å². The predicted molar refractivity (Wildman–Crippen MR) is 95.3 cm³/mol. The van der Waals surface area contributed by atoms with Gasteiger partial charge in [-0.3, -0.25) is 0 Å². The first-order chi connectivity index (χ1) is 12.1. The zero-order valence-electron chi connectivity index (χ0n) is 14.7. The van der Waals surface area contributed by atoms with Gasteiger partial charge in [-0.25, -0.2) is 8.78 Å². The molecule has 0 bridgehead atoms. The van der Waals surface area contributed by atoms with Crippen molar-refractivity contribution < 1.29 is 18.3 Å². The first-order valence-corrected chi connectivity index (χ1v) is 8.53. The highest BCUT2D eigenvalue weighted by atomic mass is 19.1. The normalized spacial score (nSPS) is 12.0. The first-order valence-electron chi connectivity index (χ1n) is 8.53. The van der Waals surface area contributed by atoms with E-state index in [4.69, 9.17) is 15.2 Å². The quantitative estimate of drug-likeness (QED) is 0.681. The fourth-order valence-corrected chi connectivity index (χ4v) is 2.72. The Morgan fingerprint density at radius 3 is 2.56 bits per heavy atom. The minimum absolute atomic E-state index is 0.221. The van der Waals surface area contributed by atoms with Crippen molar-refractivity contribution in [3.63, 3.8) is 0 Å². The van der Waals surface area contributed by atoms with Crippen molar-refractivity contribution in [3.8, 4) is 11.5 Å². The molecule has 1 atom stereocenters. The Balaban J connectivity index is 2.22. The number of ether oxygens (including phenoxy) is 2. The molecule has 0 aliphatic heterocycles. The van der Waals surface area contributed by atoms with Crippen LogP contribution in [-0.4, -0.2) is 20.3 Å². The second-order valence-corrected chi connectivity index (χ2v) is 5.99. The van der Waals surface area contributed by atoms with E-state index in [1.165, 1.54) is 6.07 Å². The van der Waals surface area contributed by atoms with Gasteiger partial charge in [0, 0.05) is 5.92 Å². The third kappa shape index (κ3) is 5.16. The van der Waals surface area contributed by atoms with Crippen molar-refractivity contribution in [1.29, 1.82) is 0 Å². The monoisotopic (exact) mass is 349 g/mol. The predicted octanol–water partition coefficient (Wildman–Crippen LogP) is 4.44. The van der Waals surface area contributed by atoms with E-state index < -0.39 is 11.6 Å².